The average molecular weight is 271 g/mol. The van der Waals surface area contributed by atoms with E-state index in [0.717, 1.165) is 18.2 Å². The maximum atomic E-state index is 6.03. The van der Waals surface area contributed by atoms with Gasteiger partial charge in [0.1, 0.15) is 0 Å². The largest absolute Gasteiger partial charge is 0.381 e. The van der Waals surface area contributed by atoms with Crippen LogP contribution in [-0.4, -0.2) is 30.6 Å². The first-order chi connectivity index (χ1) is 8.22. The van der Waals surface area contributed by atoms with Gasteiger partial charge in [0.15, 0.2) is 0 Å². The van der Waals surface area contributed by atoms with Crippen molar-refractivity contribution in [3.63, 3.8) is 0 Å². The lowest BCUT2D eigenvalue weighted by Crippen LogP contribution is -2.53. The first-order valence-corrected chi connectivity index (χ1v) is 6.92. The van der Waals surface area contributed by atoms with E-state index in [0.29, 0.717) is 16.1 Å². The van der Waals surface area contributed by atoms with Gasteiger partial charge >= 0.3 is 0 Å². The van der Waals surface area contributed by atoms with E-state index in [2.05, 4.69) is 10.2 Å². The van der Waals surface area contributed by atoms with Gasteiger partial charge in [0.25, 0.3) is 0 Å². The number of hydrogen-bond acceptors (Lipinski definition) is 2. The Hall–Kier alpha value is -0.440. The molecule has 1 N–H and O–H groups in total. The normalized spacial score (nSPS) is 31.5. The lowest BCUT2D eigenvalue weighted by Gasteiger charge is -2.45. The maximum Gasteiger partial charge on any atom is 0.0612 e. The molecule has 0 aliphatic carbocycles. The molecule has 1 atom stereocenters. The van der Waals surface area contributed by atoms with Gasteiger partial charge in [0.05, 0.1) is 10.0 Å². The van der Waals surface area contributed by atoms with Crippen molar-refractivity contribution in [3.8, 4) is 0 Å². The molecule has 0 radical (unpaired) electrons. The summed E-state index contributed by atoms with van der Waals surface area (Å²) in [5.41, 5.74) is 1.08. The van der Waals surface area contributed by atoms with Gasteiger partial charge in [-0.25, -0.2) is 0 Å². The molecule has 0 spiro atoms. The molecule has 3 aliphatic rings. The van der Waals surface area contributed by atoms with Crippen LogP contribution in [0.2, 0.25) is 10.0 Å². The molecule has 4 rings (SSSR count). The van der Waals surface area contributed by atoms with Crippen molar-refractivity contribution in [2.45, 2.75) is 18.9 Å². The third kappa shape index (κ3) is 2.40. The third-order valence-corrected chi connectivity index (χ3v) is 4.67. The minimum atomic E-state index is 0.565. The average Bonchev–Trinajstić information content (AvgIpc) is 2.35. The highest BCUT2D eigenvalue weighted by Crippen LogP contribution is 2.31. The van der Waals surface area contributed by atoms with Crippen molar-refractivity contribution in [1.29, 1.82) is 0 Å². The topological polar surface area (TPSA) is 15.3 Å². The number of hydrogen-bond donors (Lipinski definition) is 1. The predicted octanol–water partition coefficient (Wildman–Crippen LogP) is 3.50. The Balaban J connectivity index is 1.72. The molecule has 3 saturated heterocycles. The summed E-state index contributed by atoms with van der Waals surface area (Å²) >= 11 is 11.9. The Labute approximate surface area is 112 Å². The number of benzene rings is 1. The SMILES string of the molecule is Clc1ccc(NC2CN3CCC2CC3)cc1Cl. The molecule has 17 heavy (non-hydrogen) atoms. The van der Waals surface area contributed by atoms with Crippen molar-refractivity contribution in [3.05, 3.63) is 28.2 Å². The highest BCUT2D eigenvalue weighted by Gasteiger charge is 2.33. The monoisotopic (exact) mass is 270 g/mol. The second-order valence-corrected chi connectivity index (χ2v) is 5.83. The minimum absolute atomic E-state index is 0.565. The Kier molecular flexibility index (Phi) is 3.20. The number of anilines is 1. The summed E-state index contributed by atoms with van der Waals surface area (Å²) < 4.78 is 0. The molecule has 3 aliphatic heterocycles. The molecule has 92 valence electrons. The van der Waals surface area contributed by atoms with E-state index in [9.17, 15) is 0 Å². The van der Waals surface area contributed by atoms with Crippen molar-refractivity contribution in [2.24, 2.45) is 5.92 Å². The van der Waals surface area contributed by atoms with Crippen LogP contribution < -0.4 is 5.32 Å². The number of nitrogens with one attached hydrogen (secondary N) is 1. The van der Waals surface area contributed by atoms with Gasteiger partial charge in [-0.1, -0.05) is 23.2 Å². The fourth-order valence-corrected chi connectivity index (χ4v) is 3.23. The molecule has 2 bridgehead atoms. The molecule has 1 unspecified atom stereocenters. The van der Waals surface area contributed by atoms with Crippen LogP contribution in [0.15, 0.2) is 18.2 Å². The number of piperidine rings is 3. The summed E-state index contributed by atoms with van der Waals surface area (Å²) in [5, 5.41) is 4.84. The van der Waals surface area contributed by atoms with Gasteiger partial charge in [-0.15, -0.1) is 0 Å². The van der Waals surface area contributed by atoms with Crippen LogP contribution in [0.25, 0.3) is 0 Å². The molecule has 1 aromatic carbocycles. The predicted molar refractivity (Wildman–Crippen MR) is 73.0 cm³/mol. The molecule has 2 nitrogen and oxygen atoms in total. The van der Waals surface area contributed by atoms with Gasteiger partial charge in [-0.3, -0.25) is 0 Å². The van der Waals surface area contributed by atoms with Crippen LogP contribution in [0.1, 0.15) is 12.8 Å². The molecule has 0 aromatic heterocycles. The standard InChI is InChI=1S/C13H16Cl2N2/c14-11-2-1-10(7-12(11)15)16-13-8-17-5-3-9(13)4-6-17/h1-2,7,9,13,16H,3-6,8H2. The van der Waals surface area contributed by atoms with E-state index < -0.39 is 0 Å². The van der Waals surface area contributed by atoms with E-state index >= 15 is 0 Å². The number of nitrogens with zero attached hydrogens (tertiary/aromatic N) is 1. The van der Waals surface area contributed by atoms with E-state index in [4.69, 9.17) is 23.2 Å². The molecular weight excluding hydrogens is 255 g/mol. The van der Waals surface area contributed by atoms with E-state index in [-0.39, 0.29) is 0 Å². The Morgan fingerprint density at radius 2 is 1.88 bits per heavy atom. The second kappa shape index (κ2) is 4.68. The van der Waals surface area contributed by atoms with Crippen LogP contribution in [0.4, 0.5) is 5.69 Å². The molecule has 0 amide bonds. The van der Waals surface area contributed by atoms with E-state index in [1.165, 1.54) is 25.9 Å². The summed E-state index contributed by atoms with van der Waals surface area (Å²) in [6, 6.07) is 6.34. The summed E-state index contributed by atoms with van der Waals surface area (Å²) in [4.78, 5) is 2.54. The molecule has 0 saturated carbocycles. The highest BCUT2D eigenvalue weighted by molar-refractivity contribution is 6.42. The number of fused-ring (bicyclic) bond motifs is 3. The zero-order valence-electron chi connectivity index (χ0n) is 9.63. The fourth-order valence-electron chi connectivity index (χ4n) is 2.93. The van der Waals surface area contributed by atoms with Gasteiger partial charge < -0.3 is 10.2 Å². The van der Waals surface area contributed by atoms with Crippen molar-refractivity contribution in [1.82, 2.24) is 4.90 Å². The van der Waals surface area contributed by atoms with Crippen LogP contribution in [0.3, 0.4) is 0 Å². The third-order valence-electron chi connectivity index (χ3n) is 3.93. The summed E-state index contributed by atoms with van der Waals surface area (Å²) in [6.07, 6.45) is 2.64. The van der Waals surface area contributed by atoms with Crippen molar-refractivity contribution < 1.29 is 0 Å². The number of rotatable bonds is 2. The number of halogens is 2. The molecule has 3 heterocycles. The minimum Gasteiger partial charge on any atom is -0.381 e. The quantitative estimate of drug-likeness (QED) is 0.885. The Bertz CT molecular complexity index is 414. The van der Waals surface area contributed by atoms with Crippen LogP contribution in [0, 0.1) is 5.92 Å². The first-order valence-electron chi connectivity index (χ1n) is 6.16. The second-order valence-electron chi connectivity index (χ2n) is 5.02. The van der Waals surface area contributed by atoms with Gasteiger partial charge in [-0.05, 0) is 50.0 Å². The lowest BCUT2D eigenvalue weighted by atomic mass is 9.84. The Morgan fingerprint density at radius 1 is 1.12 bits per heavy atom. The lowest BCUT2D eigenvalue weighted by molar-refractivity contribution is 0.0975. The smallest absolute Gasteiger partial charge is 0.0612 e. The van der Waals surface area contributed by atoms with Crippen LogP contribution >= 0.6 is 23.2 Å². The van der Waals surface area contributed by atoms with Crippen LogP contribution in [-0.2, 0) is 0 Å². The zero-order chi connectivity index (χ0) is 11.8. The van der Waals surface area contributed by atoms with Crippen LogP contribution in [0.5, 0.6) is 0 Å². The highest BCUT2D eigenvalue weighted by atomic mass is 35.5. The van der Waals surface area contributed by atoms with E-state index in [1.807, 2.05) is 18.2 Å². The maximum absolute atomic E-state index is 6.03. The van der Waals surface area contributed by atoms with Gasteiger partial charge in [0, 0.05) is 18.3 Å². The van der Waals surface area contributed by atoms with Crippen molar-refractivity contribution in [2.75, 3.05) is 25.0 Å². The Morgan fingerprint density at radius 3 is 2.47 bits per heavy atom. The van der Waals surface area contributed by atoms with Crippen molar-refractivity contribution >= 4 is 28.9 Å². The van der Waals surface area contributed by atoms with Gasteiger partial charge in [-0.2, -0.15) is 0 Å². The van der Waals surface area contributed by atoms with Gasteiger partial charge in [0.2, 0.25) is 0 Å². The summed E-state index contributed by atoms with van der Waals surface area (Å²) in [7, 11) is 0. The fraction of sp³-hybridized carbons (Fsp3) is 0.538. The molecule has 4 heteroatoms. The molecular formula is C13H16Cl2N2. The molecule has 3 fully saturated rings. The van der Waals surface area contributed by atoms with E-state index in [1.54, 1.807) is 0 Å². The molecule has 1 aromatic rings. The summed E-state index contributed by atoms with van der Waals surface area (Å²) in [5.74, 6) is 0.814. The summed E-state index contributed by atoms with van der Waals surface area (Å²) in [6.45, 7) is 3.69. The zero-order valence-corrected chi connectivity index (χ0v) is 11.1. The first kappa shape index (κ1) is 11.6.